The Hall–Kier alpha value is -3.69. The van der Waals surface area contributed by atoms with Crippen LogP contribution >= 0.6 is 11.3 Å². The van der Waals surface area contributed by atoms with Crippen molar-refractivity contribution in [2.75, 3.05) is 19.6 Å². The molecule has 4 heterocycles. The van der Waals surface area contributed by atoms with Gasteiger partial charge in [0.15, 0.2) is 0 Å². The molecule has 1 aliphatic rings. The van der Waals surface area contributed by atoms with Crippen LogP contribution in [0.1, 0.15) is 42.1 Å². The molecule has 39 heavy (non-hydrogen) atoms. The van der Waals surface area contributed by atoms with Gasteiger partial charge in [-0.1, -0.05) is 31.2 Å². The van der Waals surface area contributed by atoms with E-state index < -0.39 is 0 Å². The van der Waals surface area contributed by atoms with E-state index in [-0.39, 0.29) is 12.1 Å². The standard InChI is InChI=1S/C30H34N6O2S/c1-4-12-35(16-22-18-38-27-8-6-5-7-23(22)27)15-19(2)31-30(37)36-13-11-25-24(17-36)29(34-33-25)21-9-10-26-28(14-21)39-20(3)32-26/h5-10,14,18-19H,4,11-13,15-17H2,1-3H3,(H,31,37)(H,33,34)/t19-/m1/s1. The first-order valence-electron chi connectivity index (χ1n) is 13.6. The molecular formula is C30H34N6O2S. The number of hydrogen-bond donors (Lipinski definition) is 2. The van der Waals surface area contributed by atoms with Gasteiger partial charge < -0.3 is 14.6 Å². The third kappa shape index (κ3) is 5.29. The fraction of sp³-hybridized carbons (Fsp3) is 0.367. The predicted molar refractivity (Wildman–Crippen MR) is 156 cm³/mol. The number of urea groups is 1. The fourth-order valence-electron chi connectivity index (χ4n) is 5.58. The molecule has 0 radical (unpaired) electrons. The maximum atomic E-state index is 13.3. The summed E-state index contributed by atoms with van der Waals surface area (Å²) in [6.07, 6.45) is 3.67. The van der Waals surface area contributed by atoms with Crippen molar-refractivity contribution in [3.8, 4) is 11.3 Å². The molecule has 2 amide bonds. The quantitative estimate of drug-likeness (QED) is 0.247. The molecule has 8 nitrogen and oxygen atoms in total. The van der Waals surface area contributed by atoms with Gasteiger partial charge in [0.05, 0.1) is 33.7 Å². The molecule has 9 heteroatoms. The Morgan fingerprint density at radius 1 is 1.28 bits per heavy atom. The van der Waals surface area contributed by atoms with Crippen molar-refractivity contribution in [3.05, 3.63) is 70.6 Å². The molecule has 1 atom stereocenters. The van der Waals surface area contributed by atoms with Crippen LogP contribution in [0.2, 0.25) is 0 Å². The number of rotatable bonds is 8. The molecule has 0 saturated carbocycles. The van der Waals surface area contributed by atoms with Gasteiger partial charge in [0, 0.05) is 59.9 Å². The number of aromatic amines is 1. The van der Waals surface area contributed by atoms with Gasteiger partial charge in [0.2, 0.25) is 0 Å². The maximum Gasteiger partial charge on any atom is 0.317 e. The number of nitrogens with zero attached hydrogens (tertiary/aromatic N) is 4. The smallest absolute Gasteiger partial charge is 0.317 e. The van der Waals surface area contributed by atoms with Crippen molar-refractivity contribution in [3.63, 3.8) is 0 Å². The number of para-hydroxylation sites is 1. The third-order valence-electron chi connectivity index (χ3n) is 7.39. The van der Waals surface area contributed by atoms with Crippen LogP contribution in [-0.4, -0.2) is 56.7 Å². The fourth-order valence-corrected chi connectivity index (χ4v) is 6.44. The summed E-state index contributed by atoms with van der Waals surface area (Å²) < 4.78 is 6.90. The zero-order valence-corrected chi connectivity index (χ0v) is 23.5. The molecular weight excluding hydrogens is 508 g/mol. The zero-order chi connectivity index (χ0) is 26.9. The van der Waals surface area contributed by atoms with E-state index in [0.717, 1.165) is 81.2 Å². The highest BCUT2D eigenvalue weighted by Crippen LogP contribution is 2.32. The van der Waals surface area contributed by atoms with E-state index in [1.807, 2.05) is 36.3 Å². The topological polar surface area (TPSA) is 90.3 Å². The molecule has 0 aliphatic carbocycles. The van der Waals surface area contributed by atoms with Crippen LogP contribution < -0.4 is 5.32 Å². The monoisotopic (exact) mass is 542 g/mol. The Bertz CT molecular complexity index is 1620. The molecule has 3 aromatic heterocycles. The van der Waals surface area contributed by atoms with Crippen molar-refractivity contribution in [2.45, 2.75) is 52.7 Å². The van der Waals surface area contributed by atoms with Crippen LogP contribution in [-0.2, 0) is 19.5 Å². The van der Waals surface area contributed by atoms with E-state index in [1.165, 1.54) is 5.56 Å². The summed E-state index contributed by atoms with van der Waals surface area (Å²) >= 11 is 1.69. The lowest BCUT2D eigenvalue weighted by atomic mass is 10.0. The molecule has 5 aromatic rings. The maximum absolute atomic E-state index is 13.3. The second-order valence-electron chi connectivity index (χ2n) is 10.5. The Morgan fingerprint density at radius 2 is 2.15 bits per heavy atom. The largest absolute Gasteiger partial charge is 0.464 e. The normalized spacial score (nSPS) is 14.3. The van der Waals surface area contributed by atoms with Gasteiger partial charge >= 0.3 is 6.03 Å². The van der Waals surface area contributed by atoms with Crippen molar-refractivity contribution >= 4 is 38.6 Å². The summed E-state index contributed by atoms with van der Waals surface area (Å²) in [5.74, 6) is 0. The number of thiazole rings is 1. The minimum absolute atomic E-state index is 0.00408. The first-order valence-corrected chi connectivity index (χ1v) is 14.5. The number of aromatic nitrogens is 3. The Morgan fingerprint density at radius 3 is 3.03 bits per heavy atom. The van der Waals surface area contributed by atoms with Gasteiger partial charge in [0.25, 0.3) is 0 Å². The molecule has 0 fully saturated rings. The van der Waals surface area contributed by atoms with Crippen molar-refractivity contribution in [2.24, 2.45) is 0 Å². The van der Waals surface area contributed by atoms with Gasteiger partial charge in [-0.2, -0.15) is 5.10 Å². The van der Waals surface area contributed by atoms with Crippen molar-refractivity contribution < 1.29 is 9.21 Å². The first kappa shape index (κ1) is 25.6. The summed E-state index contributed by atoms with van der Waals surface area (Å²) in [5.41, 5.74) is 7.30. The van der Waals surface area contributed by atoms with Crippen molar-refractivity contribution in [1.29, 1.82) is 0 Å². The van der Waals surface area contributed by atoms with E-state index in [0.29, 0.717) is 13.1 Å². The van der Waals surface area contributed by atoms with E-state index in [4.69, 9.17) is 4.42 Å². The van der Waals surface area contributed by atoms with Crippen LogP contribution in [0.3, 0.4) is 0 Å². The highest BCUT2D eigenvalue weighted by atomic mass is 32.1. The lowest BCUT2D eigenvalue weighted by Crippen LogP contribution is -2.49. The molecule has 0 unspecified atom stereocenters. The molecule has 1 aliphatic heterocycles. The number of benzene rings is 2. The number of H-pyrrole nitrogens is 1. The SMILES string of the molecule is CCCN(Cc1coc2ccccc12)C[C@@H](C)NC(=O)N1CCc2[nH]nc(-c3ccc4nc(C)sc4c3)c2C1. The number of carbonyl (C=O) groups excluding carboxylic acids is 1. The lowest BCUT2D eigenvalue weighted by Gasteiger charge is -2.30. The molecule has 202 valence electrons. The Balaban J connectivity index is 1.11. The van der Waals surface area contributed by atoms with Crippen LogP contribution in [0.5, 0.6) is 0 Å². The third-order valence-corrected chi connectivity index (χ3v) is 8.32. The molecule has 0 spiro atoms. The number of aryl methyl sites for hydroxylation is 1. The lowest BCUT2D eigenvalue weighted by molar-refractivity contribution is 0.181. The number of amides is 2. The van der Waals surface area contributed by atoms with E-state index in [1.54, 1.807) is 11.3 Å². The minimum Gasteiger partial charge on any atom is -0.464 e. The molecule has 2 aromatic carbocycles. The number of fused-ring (bicyclic) bond motifs is 3. The first-order chi connectivity index (χ1) is 19.0. The highest BCUT2D eigenvalue weighted by molar-refractivity contribution is 7.18. The average Bonchev–Trinajstić information content (AvgIpc) is 3.64. The number of nitrogens with one attached hydrogen (secondary N) is 2. The Labute approximate surface area is 232 Å². The van der Waals surface area contributed by atoms with Crippen LogP contribution in [0.25, 0.3) is 32.4 Å². The van der Waals surface area contributed by atoms with Crippen LogP contribution in [0.15, 0.2) is 53.1 Å². The van der Waals surface area contributed by atoms with E-state index in [2.05, 4.69) is 63.5 Å². The molecule has 0 bridgehead atoms. The van der Waals surface area contributed by atoms with Gasteiger partial charge in [0.1, 0.15) is 5.58 Å². The summed E-state index contributed by atoms with van der Waals surface area (Å²) in [7, 11) is 0. The van der Waals surface area contributed by atoms with E-state index in [9.17, 15) is 4.79 Å². The molecule has 0 saturated heterocycles. The number of carbonyl (C=O) groups is 1. The average molecular weight is 543 g/mol. The molecule has 2 N–H and O–H groups in total. The summed E-state index contributed by atoms with van der Waals surface area (Å²) in [6.45, 7) is 10.0. The predicted octanol–water partition coefficient (Wildman–Crippen LogP) is 6.11. The van der Waals surface area contributed by atoms with Crippen LogP contribution in [0.4, 0.5) is 4.79 Å². The summed E-state index contributed by atoms with van der Waals surface area (Å²) in [6, 6.07) is 14.4. The minimum atomic E-state index is -0.0287. The van der Waals surface area contributed by atoms with Gasteiger partial charge in [-0.05, 0) is 45.0 Å². The number of hydrogen-bond acceptors (Lipinski definition) is 6. The zero-order valence-electron chi connectivity index (χ0n) is 22.7. The number of furan rings is 1. The van der Waals surface area contributed by atoms with Gasteiger partial charge in [-0.15, -0.1) is 11.3 Å². The molecule has 6 rings (SSSR count). The second-order valence-corrected chi connectivity index (χ2v) is 11.7. The van der Waals surface area contributed by atoms with E-state index >= 15 is 0 Å². The highest BCUT2D eigenvalue weighted by Gasteiger charge is 2.27. The van der Waals surface area contributed by atoms with Gasteiger partial charge in [-0.3, -0.25) is 10.00 Å². The van der Waals surface area contributed by atoms with Gasteiger partial charge in [-0.25, -0.2) is 9.78 Å². The van der Waals surface area contributed by atoms with Crippen LogP contribution in [0, 0.1) is 6.92 Å². The van der Waals surface area contributed by atoms with Crippen molar-refractivity contribution in [1.82, 2.24) is 30.3 Å². The Kier molecular flexibility index (Phi) is 7.10. The summed E-state index contributed by atoms with van der Waals surface area (Å²) in [4.78, 5) is 22.2. The summed E-state index contributed by atoms with van der Waals surface area (Å²) in [5, 5.41) is 13.3. The second kappa shape index (κ2) is 10.8.